The normalized spacial score (nSPS) is 10.4. The average Bonchev–Trinajstić information content (AvgIpc) is 3.44. The van der Waals surface area contributed by atoms with Crippen LogP contribution in [0, 0.1) is 37.3 Å². The molecule has 3 aromatic heterocycles. The van der Waals surface area contributed by atoms with Gasteiger partial charge >= 0.3 is 0 Å². The first-order valence-corrected chi connectivity index (χ1v) is 13.9. The predicted octanol–water partition coefficient (Wildman–Crippen LogP) is 9.25. The fourth-order valence-corrected chi connectivity index (χ4v) is 5.10. The maximum atomic E-state index is 9.18. The van der Waals surface area contributed by atoms with Crippen LogP contribution in [0.1, 0.15) is 16.7 Å². The van der Waals surface area contributed by atoms with Gasteiger partial charge in [0.25, 0.3) is 0 Å². The maximum absolute atomic E-state index is 9.18. The van der Waals surface area contributed by atoms with E-state index in [1.54, 1.807) is 12.3 Å². The Morgan fingerprint density at radius 3 is 2.34 bits per heavy atom. The molecule has 0 amide bonds. The first-order chi connectivity index (χ1) is 21.0. The second kappa shape index (κ2) is 13.5. The van der Waals surface area contributed by atoms with Crippen LogP contribution in [0.25, 0.3) is 44.3 Å². The number of aromatic nitrogens is 2. The number of fused-ring (bicyclic) bond motifs is 3. The minimum atomic E-state index is 0. The standard InChI is InChI=1S/C26H17N2O.C12H11N2.Ir/c1-16-6-3-4-7-19(16)23-13-24(28-15-17(23)2)22-9-5-8-21-20-11-10-18(14-27)12-25(20)29-26(21)22;1-14(11-7-3-2-4-8-11)12-9-5-6-10-13-12;/h3-8,10-13,15H,1-2H3;2-7,9-10H,1H3;/q2*-1;. The van der Waals surface area contributed by atoms with Crippen LogP contribution in [0.5, 0.6) is 0 Å². The fraction of sp³-hybridized carbons (Fsp3) is 0.0789. The van der Waals surface area contributed by atoms with E-state index in [0.717, 1.165) is 50.2 Å². The molecule has 5 nitrogen and oxygen atoms in total. The average molecular weight is 749 g/mol. The van der Waals surface area contributed by atoms with E-state index in [9.17, 15) is 5.26 Å². The Morgan fingerprint density at radius 2 is 1.59 bits per heavy atom. The van der Waals surface area contributed by atoms with Gasteiger partial charge in [-0.1, -0.05) is 59.1 Å². The number of pyridine rings is 2. The first kappa shape index (κ1) is 30.4. The number of nitriles is 1. The molecule has 0 saturated heterocycles. The summed E-state index contributed by atoms with van der Waals surface area (Å²) in [5.41, 5.74) is 9.39. The van der Waals surface area contributed by atoms with Crippen molar-refractivity contribution >= 4 is 33.4 Å². The van der Waals surface area contributed by atoms with Crippen molar-refractivity contribution in [2.24, 2.45) is 0 Å². The Morgan fingerprint density at radius 1 is 0.773 bits per heavy atom. The zero-order valence-electron chi connectivity index (χ0n) is 24.5. The smallest absolute Gasteiger partial charge is 0.130 e. The molecular weight excluding hydrogens is 721 g/mol. The van der Waals surface area contributed by atoms with Crippen LogP contribution >= 0.6 is 0 Å². The van der Waals surface area contributed by atoms with Gasteiger partial charge in [-0.25, -0.2) is 4.98 Å². The minimum Gasteiger partial charge on any atom is -0.501 e. The molecule has 0 unspecified atom stereocenters. The molecule has 0 aliphatic rings. The van der Waals surface area contributed by atoms with Crippen molar-refractivity contribution in [3.05, 3.63) is 144 Å². The number of hydrogen-bond acceptors (Lipinski definition) is 5. The molecule has 1 radical (unpaired) electrons. The Bertz CT molecular complexity index is 2040. The van der Waals surface area contributed by atoms with Gasteiger partial charge < -0.3 is 14.3 Å². The van der Waals surface area contributed by atoms with Crippen LogP contribution in [0.3, 0.4) is 0 Å². The summed E-state index contributed by atoms with van der Waals surface area (Å²) in [6.07, 6.45) is 3.69. The van der Waals surface area contributed by atoms with Crippen molar-refractivity contribution in [2.75, 3.05) is 11.9 Å². The van der Waals surface area contributed by atoms with E-state index < -0.39 is 0 Å². The molecule has 0 spiro atoms. The summed E-state index contributed by atoms with van der Waals surface area (Å²) in [4.78, 5) is 10.9. The molecule has 0 aliphatic heterocycles. The molecule has 0 fully saturated rings. The SMILES string of the molecule is CN(c1[c-]cccc1)c1ccccn1.Cc1ccccc1-c1cc(-c2[c-]ccc3c2oc2cc(C#N)ccc23)ncc1C.[Ir]. The molecular formula is C38H28IrN4O-2. The zero-order valence-corrected chi connectivity index (χ0v) is 26.9. The third kappa shape index (κ3) is 6.16. The second-order valence-electron chi connectivity index (χ2n) is 10.2. The van der Waals surface area contributed by atoms with E-state index in [-0.39, 0.29) is 20.1 Å². The number of benzene rings is 4. The van der Waals surface area contributed by atoms with Gasteiger partial charge in [0.2, 0.25) is 0 Å². The van der Waals surface area contributed by atoms with Gasteiger partial charge in [-0.05, 0) is 66.1 Å². The summed E-state index contributed by atoms with van der Waals surface area (Å²) in [6, 6.07) is 42.2. The van der Waals surface area contributed by atoms with Crippen molar-refractivity contribution in [3.63, 3.8) is 0 Å². The summed E-state index contributed by atoms with van der Waals surface area (Å²) in [6.45, 7) is 4.20. The summed E-state index contributed by atoms with van der Waals surface area (Å²) in [7, 11) is 1.98. The van der Waals surface area contributed by atoms with Crippen molar-refractivity contribution < 1.29 is 24.5 Å². The van der Waals surface area contributed by atoms with E-state index in [4.69, 9.17) is 4.42 Å². The summed E-state index contributed by atoms with van der Waals surface area (Å²) in [5, 5.41) is 11.2. The molecule has 3 heterocycles. The van der Waals surface area contributed by atoms with Gasteiger partial charge in [-0.15, -0.1) is 24.3 Å². The van der Waals surface area contributed by atoms with E-state index in [1.807, 2.05) is 84.9 Å². The number of rotatable bonds is 4. The molecule has 4 aromatic carbocycles. The van der Waals surface area contributed by atoms with Crippen LogP contribution in [0.15, 0.2) is 120 Å². The van der Waals surface area contributed by atoms with Crippen molar-refractivity contribution in [3.8, 4) is 28.5 Å². The topological polar surface area (TPSA) is 66.0 Å². The van der Waals surface area contributed by atoms with Crippen LogP contribution in [-0.4, -0.2) is 17.0 Å². The van der Waals surface area contributed by atoms with Gasteiger partial charge in [0, 0.05) is 44.9 Å². The molecule has 0 saturated carbocycles. The van der Waals surface area contributed by atoms with E-state index in [2.05, 4.69) is 72.3 Å². The van der Waals surface area contributed by atoms with E-state index in [0.29, 0.717) is 11.1 Å². The molecule has 0 aliphatic carbocycles. The van der Waals surface area contributed by atoms with Gasteiger partial charge in [0.1, 0.15) is 11.4 Å². The quantitative estimate of drug-likeness (QED) is 0.168. The Kier molecular flexibility index (Phi) is 9.31. The Hall–Kier alpha value is -5.08. The van der Waals surface area contributed by atoms with Crippen molar-refractivity contribution in [2.45, 2.75) is 13.8 Å². The number of nitrogens with zero attached hydrogens (tertiary/aromatic N) is 4. The van der Waals surface area contributed by atoms with Gasteiger partial charge in [-0.3, -0.25) is 0 Å². The molecule has 7 rings (SSSR count). The predicted molar refractivity (Wildman–Crippen MR) is 173 cm³/mol. The maximum Gasteiger partial charge on any atom is 0.130 e. The largest absolute Gasteiger partial charge is 0.501 e. The third-order valence-electron chi connectivity index (χ3n) is 7.40. The third-order valence-corrected chi connectivity index (χ3v) is 7.40. The number of anilines is 2. The molecule has 6 heteroatoms. The number of furan rings is 1. The molecule has 44 heavy (non-hydrogen) atoms. The second-order valence-corrected chi connectivity index (χ2v) is 10.2. The van der Waals surface area contributed by atoms with Crippen LogP contribution in [0.4, 0.5) is 11.5 Å². The zero-order chi connectivity index (χ0) is 29.8. The first-order valence-electron chi connectivity index (χ1n) is 13.9. The summed E-state index contributed by atoms with van der Waals surface area (Å²) in [5.74, 6) is 0.926. The molecule has 0 N–H and O–H groups in total. The monoisotopic (exact) mass is 749 g/mol. The van der Waals surface area contributed by atoms with E-state index in [1.165, 1.54) is 11.1 Å². The molecule has 217 valence electrons. The number of para-hydroxylation sites is 1. The van der Waals surface area contributed by atoms with Crippen molar-refractivity contribution in [1.82, 2.24) is 9.97 Å². The fourth-order valence-electron chi connectivity index (χ4n) is 5.10. The van der Waals surface area contributed by atoms with E-state index >= 15 is 0 Å². The minimum absolute atomic E-state index is 0. The van der Waals surface area contributed by atoms with Gasteiger partial charge in [-0.2, -0.15) is 29.5 Å². The van der Waals surface area contributed by atoms with Crippen LogP contribution in [-0.2, 0) is 20.1 Å². The Balaban J connectivity index is 0.000000216. The number of hydrogen-bond donors (Lipinski definition) is 0. The number of aryl methyl sites for hydroxylation is 2. The van der Waals surface area contributed by atoms with Crippen LogP contribution in [0.2, 0.25) is 0 Å². The van der Waals surface area contributed by atoms with Crippen molar-refractivity contribution in [1.29, 1.82) is 5.26 Å². The van der Waals surface area contributed by atoms with Crippen LogP contribution < -0.4 is 4.90 Å². The summed E-state index contributed by atoms with van der Waals surface area (Å²) < 4.78 is 6.16. The molecule has 0 atom stereocenters. The van der Waals surface area contributed by atoms with Gasteiger partial charge in [0.05, 0.1) is 17.2 Å². The molecule has 0 bridgehead atoms. The molecule has 7 aromatic rings. The summed E-state index contributed by atoms with van der Waals surface area (Å²) >= 11 is 0. The van der Waals surface area contributed by atoms with Gasteiger partial charge in [0.15, 0.2) is 0 Å². The Labute approximate surface area is 270 Å².